The maximum absolute atomic E-state index is 11.4. The zero-order chi connectivity index (χ0) is 12.8. The van der Waals surface area contributed by atoms with Crippen LogP contribution in [-0.4, -0.2) is 14.0 Å². The van der Waals surface area contributed by atoms with Crippen molar-refractivity contribution in [2.24, 2.45) is 5.92 Å². The summed E-state index contributed by atoms with van der Waals surface area (Å²) in [5.74, 6) is 2.72. The predicted octanol–water partition coefficient (Wildman–Crippen LogP) is 4.39. The molecule has 0 aromatic carbocycles. The summed E-state index contributed by atoms with van der Waals surface area (Å²) in [5.41, 5.74) is 1.23. The summed E-state index contributed by atoms with van der Waals surface area (Å²) in [7, 11) is -1.57. The first-order valence-electron chi connectivity index (χ1n) is 6.45. The SMILES string of the molecule is C/C=C(\C(=C=O)[Si](CC)(CC)CC)C(C)C. The van der Waals surface area contributed by atoms with E-state index in [0.29, 0.717) is 5.92 Å². The van der Waals surface area contributed by atoms with Gasteiger partial charge in [0.25, 0.3) is 0 Å². The lowest BCUT2D eigenvalue weighted by Crippen LogP contribution is -2.36. The highest BCUT2D eigenvalue weighted by atomic mass is 28.3. The van der Waals surface area contributed by atoms with Crippen molar-refractivity contribution in [3.63, 3.8) is 0 Å². The first-order chi connectivity index (χ1) is 7.52. The van der Waals surface area contributed by atoms with Crippen LogP contribution in [0.2, 0.25) is 18.1 Å². The van der Waals surface area contributed by atoms with E-state index in [1.165, 1.54) is 5.57 Å². The lowest BCUT2D eigenvalue weighted by Gasteiger charge is -2.31. The summed E-state index contributed by atoms with van der Waals surface area (Å²) in [5, 5.41) is 1.04. The molecule has 2 heteroatoms. The molecule has 1 nitrogen and oxygen atoms in total. The standard InChI is InChI=1S/C14H26OSi/c1-7-13(12(5)6)14(11-15)16(8-2,9-3)10-4/h7,12H,8-10H2,1-6H3/b13-7-. The Labute approximate surface area is 102 Å². The highest BCUT2D eigenvalue weighted by Gasteiger charge is 2.35. The Kier molecular flexibility index (Phi) is 6.62. The van der Waals surface area contributed by atoms with E-state index in [1.807, 2.05) is 6.92 Å². The molecule has 92 valence electrons. The Morgan fingerprint density at radius 2 is 1.62 bits per heavy atom. The molecule has 0 aliphatic carbocycles. The molecule has 0 aromatic heterocycles. The molecule has 0 N–H and O–H groups in total. The number of hydrogen-bond donors (Lipinski definition) is 0. The molecule has 0 radical (unpaired) electrons. The molecular formula is C14H26OSi. The fourth-order valence-electron chi connectivity index (χ4n) is 2.52. The molecule has 16 heavy (non-hydrogen) atoms. The molecule has 0 fully saturated rings. The molecule has 0 aliphatic rings. The van der Waals surface area contributed by atoms with Crippen LogP contribution in [0.15, 0.2) is 16.8 Å². The van der Waals surface area contributed by atoms with Gasteiger partial charge in [-0.3, -0.25) is 0 Å². The average molecular weight is 238 g/mol. The quantitative estimate of drug-likeness (QED) is 0.381. The third-order valence-corrected chi connectivity index (χ3v) is 9.40. The Bertz CT molecular complexity index is 284. The summed E-state index contributed by atoms with van der Waals surface area (Å²) >= 11 is 0. The topological polar surface area (TPSA) is 17.1 Å². The number of carbonyl (C=O) groups excluding carboxylic acids is 1. The second-order valence-electron chi connectivity index (χ2n) is 4.72. The molecule has 0 heterocycles. The predicted molar refractivity (Wildman–Crippen MR) is 75.0 cm³/mol. The summed E-state index contributed by atoms with van der Waals surface area (Å²) in [6.45, 7) is 13.0. The molecule has 0 atom stereocenters. The molecule has 0 amide bonds. The Balaban J connectivity index is 5.52. The normalized spacial score (nSPS) is 12.8. The van der Waals surface area contributed by atoms with Crippen LogP contribution in [0.4, 0.5) is 0 Å². The first kappa shape index (κ1) is 15.4. The van der Waals surface area contributed by atoms with Crippen molar-refractivity contribution in [3.05, 3.63) is 16.8 Å². The van der Waals surface area contributed by atoms with Crippen LogP contribution < -0.4 is 0 Å². The van der Waals surface area contributed by atoms with E-state index in [-0.39, 0.29) is 0 Å². The molecule has 0 unspecified atom stereocenters. The highest BCUT2D eigenvalue weighted by Crippen LogP contribution is 2.34. The van der Waals surface area contributed by atoms with Gasteiger partial charge in [0, 0.05) is 5.20 Å². The third-order valence-electron chi connectivity index (χ3n) is 3.88. The second kappa shape index (κ2) is 6.88. The molecule has 0 aromatic rings. The van der Waals surface area contributed by atoms with Gasteiger partial charge in [-0.1, -0.05) is 58.8 Å². The van der Waals surface area contributed by atoms with Gasteiger partial charge in [-0.05, 0) is 18.4 Å². The Morgan fingerprint density at radius 1 is 1.19 bits per heavy atom. The molecule has 0 saturated heterocycles. The van der Waals surface area contributed by atoms with Crippen molar-refractivity contribution in [3.8, 4) is 0 Å². The van der Waals surface area contributed by atoms with Crippen molar-refractivity contribution < 1.29 is 4.79 Å². The lowest BCUT2D eigenvalue weighted by atomic mass is 10.0. The minimum atomic E-state index is -1.57. The van der Waals surface area contributed by atoms with Crippen LogP contribution in [0.5, 0.6) is 0 Å². The van der Waals surface area contributed by atoms with Crippen LogP contribution in [0.1, 0.15) is 41.5 Å². The van der Waals surface area contributed by atoms with Crippen molar-refractivity contribution in [1.82, 2.24) is 0 Å². The van der Waals surface area contributed by atoms with E-state index >= 15 is 0 Å². The number of hydrogen-bond acceptors (Lipinski definition) is 1. The van der Waals surface area contributed by atoms with Gasteiger partial charge >= 0.3 is 0 Å². The van der Waals surface area contributed by atoms with E-state index in [2.05, 4.69) is 46.6 Å². The van der Waals surface area contributed by atoms with E-state index in [0.717, 1.165) is 23.3 Å². The monoisotopic (exact) mass is 238 g/mol. The fourth-order valence-corrected chi connectivity index (χ4v) is 6.34. The van der Waals surface area contributed by atoms with Crippen molar-refractivity contribution >= 4 is 14.0 Å². The molecule has 0 bridgehead atoms. The first-order valence-corrected chi connectivity index (χ1v) is 9.07. The van der Waals surface area contributed by atoms with Gasteiger partial charge in [0.1, 0.15) is 14.0 Å². The summed E-state index contributed by atoms with van der Waals surface area (Å²) in [6.07, 6.45) is 2.10. The zero-order valence-electron chi connectivity index (χ0n) is 11.7. The lowest BCUT2D eigenvalue weighted by molar-refractivity contribution is 0.567. The molecular weight excluding hydrogens is 212 g/mol. The minimum absolute atomic E-state index is 0.429. The molecule has 0 rings (SSSR count). The Hall–Kier alpha value is -0.593. The maximum Gasteiger partial charge on any atom is 0.123 e. The van der Waals surface area contributed by atoms with Gasteiger partial charge in [0.15, 0.2) is 0 Å². The van der Waals surface area contributed by atoms with Crippen molar-refractivity contribution in [1.29, 1.82) is 0 Å². The zero-order valence-corrected chi connectivity index (χ0v) is 12.7. The van der Waals surface area contributed by atoms with Crippen LogP contribution >= 0.6 is 0 Å². The molecule has 0 aliphatic heterocycles. The Morgan fingerprint density at radius 3 is 1.81 bits per heavy atom. The largest absolute Gasteiger partial charge is 0.234 e. The van der Waals surface area contributed by atoms with E-state index in [4.69, 9.17) is 0 Å². The number of allylic oxidation sites excluding steroid dienone is 3. The summed E-state index contributed by atoms with van der Waals surface area (Å²) in [4.78, 5) is 11.4. The third kappa shape index (κ3) is 2.96. The van der Waals surface area contributed by atoms with Crippen LogP contribution in [-0.2, 0) is 4.79 Å². The maximum atomic E-state index is 11.4. The van der Waals surface area contributed by atoms with E-state index in [9.17, 15) is 4.79 Å². The van der Waals surface area contributed by atoms with Gasteiger partial charge in [0.2, 0.25) is 0 Å². The second-order valence-corrected chi connectivity index (χ2v) is 9.90. The van der Waals surface area contributed by atoms with Crippen LogP contribution in [0.3, 0.4) is 0 Å². The van der Waals surface area contributed by atoms with Crippen LogP contribution in [0.25, 0.3) is 0 Å². The minimum Gasteiger partial charge on any atom is -0.234 e. The smallest absolute Gasteiger partial charge is 0.123 e. The highest BCUT2D eigenvalue weighted by molar-refractivity contribution is 6.88. The average Bonchev–Trinajstić information content (AvgIpc) is 2.30. The van der Waals surface area contributed by atoms with Crippen molar-refractivity contribution in [2.75, 3.05) is 0 Å². The van der Waals surface area contributed by atoms with Crippen molar-refractivity contribution in [2.45, 2.75) is 59.7 Å². The van der Waals surface area contributed by atoms with Gasteiger partial charge in [0.05, 0.1) is 0 Å². The van der Waals surface area contributed by atoms with Gasteiger partial charge < -0.3 is 0 Å². The van der Waals surface area contributed by atoms with Gasteiger partial charge in [-0.15, -0.1) is 0 Å². The van der Waals surface area contributed by atoms with Gasteiger partial charge in [-0.2, -0.15) is 0 Å². The molecule has 0 spiro atoms. The summed E-state index contributed by atoms with van der Waals surface area (Å²) in [6, 6.07) is 3.44. The van der Waals surface area contributed by atoms with E-state index in [1.54, 1.807) is 0 Å². The fraction of sp³-hybridized carbons (Fsp3) is 0.714. The number of rotatable bonds is 6. The molecule has 0 saturated carbocycles. The van der Waals surface area contributed by atoms with Gasteiger partial charge in [-0.25, -0.2) is 4.79 Å². The van der Waals surface area contributed by atoms with E-state index < -0.39 is 8.07 Å². The van der Waals surface area contributed by atoms with Crippen LogP contribution in [0, 0.1) is 5.92 Å². The summed E-state index contributed by atoms with van der Waals surface area (Å²) < 4.78 is 0.